The second-order valence-electron chi connectivity index (χ2n) is 9.84. The van der Waals surface area contributed by atoms with Gasteiger partial charge >= 0.3 is 0 Å². The minimum absolute atomic E-state index is 0.0745. The van der Waals surface area contributed by atoms with Crippen molar-refractivity contribution in [2.24, 2.45) is 17.4 Å². The monoisotopic (exact) mass is 500 g/mol. The van der Waals surface area contributed by atoms with E-state index in [1.807, 2.05) is 0 Å². The summed E-state index contributed by atoms with van der Waals surface area (Å²) in [7, 11) is 0. The lowest BCUT2D eigenvalue weighted by Crippen LogP contribution is -2.64. The Bertz CT molecular complexity index is 737. The molecule has 3 heterocycles. The Morgan fingerprint density at radius 3 is 2.82 bits per heavy atom. The van der Waals surface area contributed by atoms with E-state index >= 15 is 0 Å². The molecule has 4 aliphatic rings. The van der Waals surface area contributed by atoms with Gasteiger partial charge in [0.05, 0.1) is 19.4 Å². The fourth-order valence-electron chi connectivity index (χ4n) is 5.87. The SMILES string of the molecule is CCN1C(CNC(=O)C2NC(Cl)=C(N)NC2N)NC2CCC(CCC(O)N3CCOCC3)CC21. The van der Waals surface area contributed by atoms with Crippen molar-refractivity contribution in [2.45, 2.75) is 75.7 Å². The van der Waals surface area contributed by atoms with Crippen LogP contribution in [0.3, 0.4) is 0 Å². The number of carbonyl (C=O) groups is 1. The first-order chi connectivity index (χ1) is 16.4. The van der Waals surface area contributed by atoms with E-state index in [1.54, 1.807) is 0 Å². The molecule has 7 atom stereocenters. The molecule has 1 saturated carbocycles. The van der Waals surface area contributed by atoms with E-state index in [9.17, 15) is 9.90 Å². The lowest BCUT2D eigenvalue weighted by atomic mass is 9.80. The van der Waals surface area contributed by atoms with Gasteiger partial charge in [-0.1, -0.05) is 18.5 Å². The number of nitrogens with one attached hydrogen (secondary N) is 4. The predicted molar refractivity (Wildman–Crippen MR) is 130 cm³/mol. The van der Waals surface area contributed by atoms with Crippen LogP contribution < -0.4 is 32.7 Å². The number of halogens is 1. The average Bonchev–Trinajstić information content (AvgIpc) is 3.20. The number of aliphatic hydroxyl groups is 1. The van der Waals surface area contributed by atoms with E-state index in [4.69, 9.17) is 27.8 Å². The first-order valence-corrected chi connectivity index (χ1v) is 13.0. The molecule has 194 valence electrons. The molecule has 0 aromatic carbocycles. The van der Waals surface area contributed by atoms with Crippen molar-refractivity contribution in [3.63, 3.8) is 0 Å². The molecule has 4 rings (SSSR count). The third-order valence-electron chi connectivity index (χ3n) is 7.78. The first kappa shape index (κ1) is 25.7. The van der Waals surface area contributed by atoms with Crippen LogP contribution in [-0.4, -0.2) is 96.9 Å². The average molecular weight is 501 g/mol. The molecular weight excluding hydrogens is 460 g/mol. The van der Waals surface area contributed by atoms with E-state index in [1.165, 1.54) is 6.42 Å². The summed E-state index contributed by atoms with van der Waals surface area (Å²) in [5, 5.41) is 23.2. The smallest absolute Gasteiger partial charge is 0.246 e. The van der Waals surface area contributed by atoms with Gasteiger partial charge in [-0.3, -0.25) is 19.9 Å². The van der Waals surface area contributed by atoms with Crippen molar-refractivity contribution in [1.82, 2.24) is 31.1 Å². The number of hydrogen-bond acceptors (Lipinski definition) is 10. The van der Waals surface area contributed by atoms with Gasteiger partial charge in [0, 0.05) is 31.7 Å². The van der Waals surface area contributed by atoms with E-state index in [2.05, 4.69) is 38.0 Å². The predicted octanol–water partition coefficient (Wildman–Crippen LogP) is -1.51. The maximum atomic E-state index is 12.8. The molecule has 3 fully saturated rings. The molecule has 7 unspecified atom stereocenters. The fraction of sp³-hybridized carbons (Fsp3) is 0.864. The number of nitrogens with zero attached hydrogens (tertiary/aromatic N) is 2. The number of rotatable bonds is 8. The summed E-state index contributed by atoms with van der Waals surface area (Å²) in [6, 6.07) is 0.178. The number of hydrogen-bond donors (Lipinski definition) is 7. The molecule has 1 amide bonds. The molecule has 1 aliphatic carbocycles. The number of ether oxygens (including phenoxy) is 1. The maximum absolute atomic E-state index is 12.8. The Labute approximate surface area is 206 Å². The molecule has 0 aromatic heterocycles. The van der Waals surface area contributed by atoms with Crippen LogP contribution in [0.1, 0.15) is 39.0 Å². The summed E-state index contributed by atoms with van der Waals surface area (Å²) < 4.78 is 5.39. The summed E-state index contributed by atoms with van der Waals surface area (Å²) in [5.41, 5.74) is 11.7. The molecule has 3 aliphatic heterocycles. The highest BCUT2D eigenvalue weighted by atomic mass is 35.5. The number of morpholine rings is 1. The van der Waals surface area contributed by atoms with Gasteiger partial charge in [-0.2, -0.15) is 0 Å². The number of nitrogens with two attached hydrogens (primary N) is 2. The third-order valence-corrected chi connectivity index (χ3v) is 8.09. The van der Waals surface area contributed by atoms with Crippen molar-refractivity contribution in [1.29, 1.82) is 0 Å². The molecule has 0 radical (unpaired) electrons. The van der Waals surface area contributed by atoms with Crippen LogP contribution in [0.5, 0.6) is 0 Å². The second kappa shape index (κ2) is 11.6. The third kappa shape index (κ3) is 5.89. The largest absolute Gasteiger partial charge is 0.383 e. The molecule has 34 heavy (non-hydrogen) atoms. The Morgan fingerprint density at radius 1 is 1.32 bits per heavy atom. The normalized spacial score (nSPS) is 35.9. The topological polar surface area (TPSA) is 153 Å². The van der Waals surface area contributed by atoms with Gasteiger partial charge in [0.25, 0.3) is 0 Å². The van der Waals surface area contributed by atoms with E-state index in [0.29, 0.717) is 37.8 Å². The zero-order chi connectivity index (χ0) is 24.2. The first-order valence-electron chi connectivity index (χ1n) is 12.6. The fourth-order valence-corrected chi connectivity index (χ4v) is 6.04. The zero-order valence-corrected chi connectivity index (χ0v) is 20.8. The van der Waals surface area contributed by atoms with Gasteiger partial charge in [0.1, 0.15) is 29.4 Å². The molecule has 9 N–H and O–H groups in total. The van der Waals surface area contributed by atoms with Crippen LogP contribution in [0.2, 0.25) is 0 Å². The quantitative estimate of drug-likeness (QED) is 0.196. The number of aliphatic hydroxyl groups excluding tert-OH is 1. The summed E-state index contributed by atoms with van der Waals surface area (Å²) in [6.45, 7) is 6.59. The number of carbonyl (C=O) groups excluding carboxylic acids is 1. The number of fused-ring (bicyclic) bond motifs is 1. The lowest BCUT2D eigenvalue weighted by molar-refractivity contribution is -0.124. The van der Waals surface area contributed by atoms with Crippen LogP contribution in [0.15, 0.2) is 11.0 Å². The highest BCUT2D eigenvalue weighted by Gasteiger charge is 2.43. The molecular formula is C22H41ClN8O3. The van der Waals surface area contributed by atoms with Crippen LogP contribution in [0.25, 0.3) is 0 Å². The Balaban J connectivity index is 1.25. The van der Waals surface area contributed by atoms with Crippen molar-refractivity contribution >= 4 is 17.5 Å². The van der Waals surface area contributed by atoms with Gasteiger partial charge < -0.3 is 37.3 Å². The van der Waals surface area contributed by atoms with Crippen molar-refractivity contribution in [2.75, 3.05) is 39.4 Å². The van der Waals surface area contributed by atoms with Gasteiger partial charge in [-0.25, -0.2) is 0 Å². The van der Waals surface area contributed by atoms with Crippen molar-refractivity contribution in [3.05, 3.63) is 11.0 Å². The number of amides is 1. The Kier molecular flexibility index (Phi) is 8.78. The van der Waals surface area contributed by atoms with Gasteiger partial charge in [0.15, 0.2) is 0 Å². The van der Waals surface area contributed by atoms with Crippen LogP contribution in [0.4, 0.5) is 0 Å². The van der Waals surface area contributed by atoms with Crippen LogP contribution >= 0.6 is 11.6 Å². The second-order valence-corrected chi connectivity index (χ2v) is 10.2. The summed E-state index contributed by atoms with van der Waals surface area (Å²) >= 11 is 6.03. The molecule has 2 saturated heterocycles. The Morgan fingerprint density at radius 2 is 2.09 bits per heavy atom. The zero-order valence-electron chi connectivity index (χ0n) is 20.0. The molecule has 12 heteroatoms. The van der Waals surface area contributed by atoms with Crippen molar-refractivity contribution in [3.8, 4) is 0 Å². The van der Waals surface area contributed by atoms with E-state index in [-0.39, 0.29) is 29.3 Å². The van der Waals surface area contributed by atoms with E-state index < -0.39 is 12.2 Å². The number of likely N-dealkylation sites (N-methyl/N-ethyl adjacent to an activating group) is 1. The molecule has 0 aromatic rings. The summed E-state index contributed by atoms with van der Waals surface area (Å²) in [5.74, 6) is 0.633. The highest BCUT2D eigenvalue weighted by molar-refractivity contribution is 6.29. The van der Waals surface area contributed by atoms with E-state index in [0.717, 1.165) is 45.3 Å². The molecule has 0 bridgehead atoms. The van der Waals surface area contributed by atoms with Gasteiger partial charge in [-0.15, -0.1) is 0 Å². The standard InChI is InChI=1S/C22H41ClN8O3/c1-2-31-15-11-13(4-6-17(32)30-7-9-34-10-8-30)3-5-14(15)27-16(31)12-26-22(33)18-20(24)29-21(25)19(23)28-18/h13-18,20,27-29,32H,2-12,24-25H2,1H3,(H,26,33). The van der Waals surface area contributed by atoms with Gasteiger partial charge in [-0.05, 0) is 44.6 Å². The minimum Gasteiger partial charge on any atom is -0.383 e. The Hall–Kier alpha value is -1.34. The molecule has 0 spiro atoms. The maximum Gasteiger partial charge on any atom is 0.246 e. The highest BCUT2D eigenvalue weighted by Crippen LogP contribution is 2.35. The lowest BCUT2D eigenvalue weighted by Gasteiger charge is -2.37. The van der Waals surface area contributed by atoms with Crippen molar-refractivity contribution < 1.29 is 14.6 Å². The molecule has 11 nitrogen and oxygen atoms in total. The summed E-state index contributed by atoms with van der Waals surface area (Å²) in [4.78, 5) is 17.4. The van der Waals surface area contributed by atoms with Crippen LogP contribution in [0, 0.1) is 5.92 Å². The minimum atomic E-state index is -0.694. The summed E-state index contributed by atoms with van der Waals surface area (Å²) in [6.07, 6.45) is 4.29. The van der Waals surface area contributed by atoms with Crippen LogP contribution in [-0.2, 0) is 9.53 Å². The van der Waals surface area contributed by atoms with Gasteiger partial charge in [0.2, 0.25) is 5.91 Å².